The van der Waals surface area contributed by atoms with E-state index in [4.69, 9.17) is 15.6 Å². The van der Waals surface area contributed by atoms with Crippen LogP contribution in [0.15, 0.2) is 17.5 Å². The van der Waals surface area contributed by atoms with E-state index in [0.29, 0.717) is 19.8 Å². The summed E-state index contributed by atoms with van der Waals surface area (Å²) in [6.45, 7) is 1.16. The third-order valence-corrected chi connectivity index (χ3v) is 3.25. The van der Waals surface area contributed by atoms with Crippen LogP contribution in [0.25, 0.3) is 0 Å². The summed E-state index contributed by atoms with van der Waals surface area (Å²) in [6.07, 6.45) is 0. The van der Waals surface area contributed by atoms with Crippen LogP contribution in [0.1, 0.15) is 10.9 Å². The summed E-state index contributed by atoms with van der Waals surface area (Å²) in [5.41, 5.74) is 5.85. The first-order chi connectivity index (χ1) is 8.16. The van der Waals surface area contributed by atoms with Crippen molar-refractivity contribution in [1.29, 1.82) is 0 Å². The van der Waals surface area contributed by atoms with Crippen LogP contribution in [0.5, 0.6) is 0 Å². The zero-order chi connectivity index (χ0) is 12.7. The molecule has 1 heterocycles. The van der Waals surface area contributed by atoms with E-state index in [0.717, 1.165) is 4.88 Å². The SMILES string of the molecule is CN(CCOCCO)C(=O)C(N)c1cccs1. The third-order valence-electron chi connectivity index (χ3n) is 2.30. The quantitative estimate of drug-likeness (QED) is 0.686. The fourth-order valence-corrected chi connectivity index (χ4v) is 2.02. The molecule has 1 aromatic heterocycles. The van der Waals surface area contributed by atoms with E-state index in [1.54, 1.807) is 11.9 Å². The van der Waals surface area contributed by atoms with Gasteiger partial charge >= 0.3 is 0 Å². The van der Waals surface area contributed by atoms with Crippen molar-refractivity contribution >= 4 is 17.2 Å². The third kappa shape index (κ3) is 4.43. The first kappa shape index (κ1) is 14.1. The molecule has 0 radical (unpaired) electrons. The average Bonchev–Trinajstić information content (AvgIpc) is 2.86. The number of nitrogens with zero attached hydrogens (tertiary/aromatic N) is 1. The molecule has 0 fully saturated rings. The molecule has 1 rings (SSSR count). The topological polar surface area (TPSA) is 75.8 Å². The predicted molar refractivity (Wildman–Crippen MR) is 66.8 cm³/mol. The Morgan fingerprint density at radius 1 is 1.65 bits per heavy atom. The van der Waals surface area contributed by atoms with Gasteiger partial charge in [-0.2, -0.15) is 0 Å². The minimum Gasteiger partial charge on any atom is -0.394 e. The summed E-state index contributed by atoms with van der Waals surface area (Å²) in [7, 11) is 1.69. The molecule has 5 nitrogen and oxygen atoms in total. The van der Waals surface area contributed by atoms with Crippen LogP contribution in [0, 0.1) is 0 Å². The molecule has 0 bridgehead atoms. The van der Waals surface area contributed by atoms with E-state index in [9.17, 15) is 4.79 Å². The van der Waals surface area contributed by atoms with E-state index in [2.05, 4.69) is 0 Å². The lowest BCUT2D eigenvalue weighted by molar-refractivity contribution is -0.132. The second-order valence-corrected chi connectivity index (χ2v) is 4.57. The molecule has 1 aromatic rings. The van der Waals surface area contributed by atoms with Crippen LogP contribution in [-0.2, 0) is 9.53 Å². The highest BCUT2D eigenvalue weighted by molar-refractivity contribution is 7.10. The fraction of sp³-hybridized carbons (Fsp3) is 0.545. The van der Waals surface area contributed by atoms with Crippen LogP contribution < -0.4 is 5.73 Å². The summed E-state index contributed by atoms with van der Waals surface area (Å²) in [5, 5.41) is 10.4. The van der Waals surface area contributed by atoms with Crippen molar-refractivity contribution in [2.45, 2.75) is 6.04 Å². The normalized spacial score (nSPS) is 12.4. The molecule has 0 aromatic carbocycles. The highest BCUT2D eigenvalue weighted by Crippen LogP contribution is 2.18. The Labute approximate surface area is 105 Å². The molecule has 6 heteroatoms. The highest BCUT2D eigenvalue weighted by atomic mass is 32.1. The predicted octanol–water partition coefficient (Wildman–Crippen LogP) is 0.215. The smallest absolute Gasteiger partial charge is 0.244 e. The molecule has 0 saturated heterocycles. The molecule has 0 saturated carbocycles. The summed E-state index contributed by atoms with van der Waals surface area (Å²) in [5.74, 6) is -0.125. The van der Waals surface area contributed by atoms with Gasteiger partial charge in [-0.1, -0.05) is 6.07 Å². The minimum absolute atomic E-state index is 0.00757. The number of thiophene rings is 1. The van der Waals surface area contributed by atoms with Crippen LogP contribution in [0.3, 0.4) is 0 Å². The number of carbonyl (C=O) groups excluding carboxylic acids is 1. The van der Waals surface area contributed by atoms with Gasteiger partial charge in [-0.25, -0.2) is 0 Å². The molecule has 0 aliphatic carbocycles. The van der Waals surface area contributed by atoms with Crippen LogP contribution >= 0.6 is 11.3 Å². The van der Waals surface area contributed by atoms with Crippen molar-refractivity contribution in [3.8, 4) is 0 Å². The number of likely N-dealkylation sites (N-methyl/N-ethyl adjacent to an activating group) is 1. The second-order valence-electron chi connectivity index (χ2n) is 3.59. The standard InChI is InChI=1S/C11H18N2O3S/c1-13(4-6-16-7-5-14)11(15)10(12)9-3-2-8-17-9/h2-3,8,10,14H,4-7,12H2,1H3. The monoisotopic (exact) mass is 258 g/mol. The number of carbonyl (C=O) groups is 1. The summed E-state index contributed by atoms with van der Waals surface area (Å²) in [4.78, 5) is 14.3. The first-order valence-electron chi connectivity index (χ1n) is 5.39. The molecule has 96 valence electrons. The van der Waals surface area contributed by atoms with E-state index in [-0.39, 0.29) is 12.5 Å². The number of aliphatic hydroxyl groups excluding tert-OH is 1. The zero-order valence-electron chi connectivity index (χ0n) is 9.83. The lowest BCUT2D eigenvalue weighted by atomic mass is 10.2. The second kappa shape index (κ2) is 7.39. The Morgan fingerprint density at radius 3 is 3.00 bits per heavy atom. The molecule has 0 spiro atoms. The molecule has 0 aliphatic rings. The average molecular weight is 258 g/mol. The molecule has 1 amide bonds. The van der Waals surface area contributed by atoms with Crippen molar-refractivity contribution in [3.05, 3.63) is 22.4 Å². The van der Waals surface area contributed by atoms with Gasteiger partial charge in [0.2, 0.25) is 5.91 Å². The van der Waals surface area contributed by atoms with Crippen LogP contribution in [0.4, 0.5) is 0 Å². The van der Waals surface area contributed by atoms with Gasteiger partial charge in [0.1, 0.15) is 6.04 Å². The summed E-state index contributed by atoms with van der Waals surface area (Å²) in [6, 6.07) is 3.12. The van der Waals surface area contributed by atoms with Gasteiger partial charge in [-0.05, 0) is 11.4 Å². The number of nitrogens with two attached hydrogens (primary N) is 1. The number of hydrogen-bond acceptors (Lipinski definition) is 5. The molecule has 1 unspecified atom stereocenters. The van der Waals surface area contributed by atoms with Crippen molar-refractivity contribution < 1.29 is 14.6 Å². The molecule has 3 N–H and O–H groups in total. The molecule has 1 atom stereocenters. The maximum atomic E-state index is 11.9. The van der Waals surface area contributed by atoms with Gasteiger partial charge < -0.3 is 20.5 Å². The van der Waals surface area contributed by atoms with E-state index < -0.39 is 6.04 Å². The fourth-order valence-electron chi connectivity index (χ4n) is 1.31. The molecule has 17 heavy (non-hydrogen) atoms. The zero-order valence-corrected chi connectivity index (χ0v) is 10.7. The Morgan fingerprint density at radius 2 is 2.41 bits per heavy atom. The lowest BCUT2D eigenvalue weighted by Gasteiger charge is -2.20. The maximum absolute atomic E-state index is 11.9. The lowest BCUT2D eigenvalue weighted by Crippen LogP contribution is -2.37. The number of hydrogen-bond donors (Lipinski definition) is 2. The van der Waals surface area contributed by atoms with Crippen LogP contribution in [-0.4, -0.2) is 49.3 Å². The highest BCUT2D eigenvalue weighted by Gasteiger charge is 2.20. The van der Waals surface area contributed by atoms with Gasteiger partial charge in [0, 0.05) is 18.5 Å². The van der Waals surface area contributed by atoms with E-state index >= 15 is 0 Å². The van der Waals surface area contributed by atoms with E-state index in [1.807, 2.05) is 17.5 Å². The maximum Gasteiger partial charge on any atom is 0.244 e. The minimum atomic E-state index is -0.599. The van der Waals surface area contributed by atoms with Gasteiger partial charge in [-0.15, -0.1) is 11.3 Å². The van der Waals surface area contributed by atoms with Crippen molar-refractivity contribution in [2.75, 3.05) is 33.4 Å². The van der Waals surface area contributed by atoms with Gasteiger partial charge in [-0.3, -0.25) is 4.79 Å². The number of aliphatic hydroxyl groups is 1. The number of ether oxygens (including phenoxy) is 1. The molecular formula is C11H18N2O3S. The summed E-state index contributed by atoms with van der Waals surface area (Å²) < 4.78 is 5.09. The number of rotatable bonds is 7. The molecule has 0 aliphatic heterocycles. The van der Waals surface area contributed by atoms with Crippen molar-refractivity contribution in [2.24, 2.45) is 5.73 Å². The number of amides is 1. The van der Waals surface area contributed by atoms with Gasteiger partial charge in [0.25, 0.3) is 0 Å². The largest absolute Gasteiger partial charge is 0.394 e. The Hall–Kier alpha value is -0.950. The Kier molecular flexibility index (Phi) is 6.13. The molecular weight excluding hydrogens is 240 g/mol. The van der Waals surface area contributed by atoms with E-state index in [1.165, 1.54) is 11.3 Å². The van der Waals surface area contributed by atoms with Gasteiger partial charge in [0.15, 0.2) is 0 Å². The Bertz CT molecular complexity index is 329. The van der Waals surface area contributed by atoms with Crippen molar-refractivity contribution in [1.82, 2.24) is 4.90 Å². The van der Waals surface area contributed by atoms with Gasteiger partial charge in [0.05, 0.1) is 19.8 Å². The Balaban J connectivity index is 2.36. The van der Waals surface area contributed by atoms with Crippen LogP contribution in [0.2, 0.25) is 0 Å². The van der Waals surface area contributed by atoms with Crippen molar-refractivity contribution in [3.63, 3.8) is 0 Å². The first-order valence-corrected chi connectivity index (χ1v) is 6.27. The summed E-state index contributed by atoms with van der Waals surface area (Å²) >= 11 is 1.47.